The summed E-state index contributed by atoms with van der Waals surface area (Å²) in [6, 6.07) is 35.1. The van der Waals surface area contributed by atoms with Gasteiger partial charge in [-0.05, 0) is 71.8 Å². The van der Waals surface area contributed by atoms with Gasteiger partial charge >= 0.3 is 0 Å². The molecule has 0 atom stereocenters. The van der Waals surface area contributed by atoms with Crippen LogP contribution in [-0.2, 0) is 0 Å². The molecule has 0 saturated carbocycles. The normalized spacial score (nSPS) is 12.2. The Morgan fingerprint density at radius 3 is 1.70 bits per heavy atom. The van der Waals surface area contributed by atoms with Crippen LogP contribution >= 0.6 is 0 Å². The number of nitrogens with zero attached hydrogens (tertiary/aromatic N) is 3. The summed E-state index contributed by atoms with van der Waals surface area (Å²) in [5.41, 5.74) is 6.26. The van der Waals surface area contributed by atoms with Crippen molar-refractivity contribution in [3.8, 4) is 17.3 Å². The zero-order chi connectivity index (χ0) is 24.9. The van der Waals surface area contributed by atoms with Crippen molar-refractivity contribution in [2.24, 2.45) is 0 Å². The number of anilines is 3. The number of ether oxygens (including phenoxy) is 1. The van der Waals surface area contributed by atoms with Crippen LogP contribution in [0, 0.1) is 0 Å². The summed E-state index contributed by atoms with van der Waals surface area (Å²) in [7, 11) is 0. The topological polar surface area (TPSA) is 30.3 Å². The van der Waals surface area contributed by atoms with Crippen LogP contribution in [0.15, 0.2) is 116 Å². The van der Waals surface area contributed by atoms with E-state index in [1.807, 2.05) is 54.6 Å². The maximum atomic E-state index is 6.20. The monoisotopic (exact) mass is 477 g/mol. The van der Waals surface area contributed by atoms with E-state index < -0.39 is 0 Å². The van der Waals surface area contributed by atoms with Crippen molar-refractivity contribution in [2.45, 2.75) is 0 Å². The van der Waals surface area contributed by atoms with E-state index in [0.29, 0.717) is 0 Å². The predicted molar refractivity (Wildman–Crippen MR) is 154 cm³/mol. The number of benzene rings is 4. The number of fused-ring (bicyclic) bond motifs is 5. The Morgan fingerprint density at radius 2 is 1.14 bits per heavy atom. The maximum absolute atomic E-state index is 6.20. The fraction of sp³-hybridized carbons (Fsp3) is 0. The van der Waals surface area contributed by atoms with E-state index in [9.17, 15) is 0 Å². The minimum Gasteiger partial charge on any atom is -0.453 e. The zero-order valence-corrected chi connectivity index (χ0v) is 20.1. The van der Waals surface area contributed by atoms with Crippen LogP contribution in [0.4, 0.5) is 17.2 Å². The van der Waals surface area contributed by atoms with Crippen LogP contribution < -0.4 is 9.64 Å². The van der Waals surface area contributed by atoms with Crippen molar-refractivity contribution in [2.75, 3.05) is 4.90 Å². The quantitative estimate of drug-likeness (QED) is 0.253. The van der Waals surface area contributed by atoms with Crippen LogP contribution in [0.5, 0.6) is 11.5 Å². The minimum atomic E-state index is 0.805. The Bertz CT molecular complexity index is 1750. The predicted octanol–water partition coefficient (Wildman–Crippen LogP) is 9.04. The number of aromatic nitrogens is 2. The van der Waals surface area contributed by atoms with E-state index in [0.717, 1.165) is 67.4 Å². The van der Waals surface area contributed by atoms with Crippen molar-refractivity contribution >= 4 is 51.2 Å². The van der Waals surface area contributed by atoms with Crippen LogP contribution in [-0.4, -0.2) is 9.55 Å². The van der Waals surface area contributed by atoms with Gasteiger partial charge in [0.25, 0.3) is 0 Å². The molecule has 0 aliphatic carbocycles. The van der Waals surface area contributed by atoms with Crippen molar-refractivity contribution in [3.05, 3.63) is 127 Å². The SMILES string of the molecule is C=Cc1ccc2c(c1)c1cc(C=C)ccc1n2-c1cccc(N2c3ccccc3Oc3ccccc32)n1. The number of rotatable bonds is 4. The molecule has 0 saturated heterocycles. The third-order valence-corrected chi connectivity index (χ3v) is 6.89. The molecule has 0 fully saturated rings. The second-order valence-electron chi connectivity index (χ2n) is 9.02. The molecule has 37 heavy (non-hydrogen) atoms. The van der Waals surface area contributed by atoms with Gasteiger partial charge in [-0.3, -0.25) is 9.47 Å². The molecule has 176 valence electrons. The molecule has 0 spiro atoms. The van der Waals surface area contributed by atoms with Crippen LogP contribution in [0.25, 0.3) is 39.8 Å². The summed E-state index contributed by atoms with van der Waals surface area (Å²) in [5.74, 6) is 3.27. The molecule has 4 heteroatoms. The molecule has 4 nitrogen and oxygen atoms in total. The summed E-state index contributed by atoms with van der Waals surface area (Å²) < 4.78 is 8.43. The van der Waals surface area contributed by atoms with Gasteiger partial charge in [0.05, 0.1) is 22.4 Å². The summed E-state index contributed by atoms with van der Waals surface area (Å²) in [6.07, 6.45) is 3.76. The van der Waals surface area contributed by atoms with Gasteiger partial charge in [-0.2, -0.15) is 0 Å². The number of para-hydroxylation sites is 4. The molecule has 6 aromatic rings. The molecule has 1 aliphatic heterocycles. The first kappa shape index (κ1) is 21.2. The second kappa shape index (κ2) is 8.25. The zero-order valence-electron chi connectivity index (χ0n) is 20.1. The molecule has 0 bridgehead atoms. The summed E-state index contributed by atoms with van der Waals surface area (Å²) in [5, 5.41) is 2.32. The molecule has 0 amide bonds. The molecule has 4 aromatic carbocycles. The first-order valence-electron chi connectivity index (χ1n) is 12.2. The van der Waals surface area contributed by atoms with Gasteiger partial charge in [-0.15, -0.1) is 0 Å². The van der Waals surface area contributed by atoms with Crippen LogP contribution in [0.3, 0.4) is 0 Å². The Labute approximate surface area is 215 Å². The second-order valence-corrected chi connectivity index (χ2v) is 9.02. The lowest BCUT2D eigenvalue weighted by molar-refractivity contribution is 0.476. The average molecular weight is 478 g/mol. The van der Waals surface area contributed by atoms with Crippen molar-refractivity contribution in [3.63, 3.8) is 0 Å². The third kappa shape index (κ3) is 3.27. The fourth-order valence-corrected chi connectivity index (χ4v) is 5.17. The fourth-order valence-electron chi connectivity index (χ4n) is 5.17. The highest BCUT2D eigenvalue weighted by molar-refractivity contribution is 6.10. The van der Waals surface area contributed by atoms with Gasteiger partial charge in [-0.25, -0.2) is 4.98 Å². The number of hydrogen-bond donors (Lipinski definition) is 0. The lowest BCUT2D eigenvalue weighted by Crippen LogP contribution is -2.17. The third-order valence-electron chi connectivity index (χ3n) is 6.89. The first-order valence-corrected chi connectivity index (χ1v) is 12.2. The largest absolute Gasteiger partial charge is 0.453 e. The Hall–Kier alpha value is -5.09. The smallest absolute Gasteiger partial charge is 0.151 e. The molecule has 2 aromatic heterocycles. The van der Waals surface area contributed by atoms with Gasteiger partial charge in [-0.1, -0.05) is 67.8 Å². The lowest BCUT2D eigenvalue weighted by Gasteiger charge is -2.32. The Balaban J connectivity index is 1.48. The van der Waals surface area contributed by atoms with E-state index in [4.69, 9.17) is 9.72 Å². The Kier molecular flexibility index (Phi) is 4.73. The highest BCUT2D eigenvalue weighted by Crippen LogP contribution is 2.49. The summed E-state index contributed by atoms with van der Waals surface area (Å²) in [6.45, 7) is 7.93. The average Bonchev–Trinajstić information content (AvgIpc) is 3.28. The van der Waals surface area contributed by atoms with E-state index in [-0.39, 0.29) is 0 Å². The van der Waals surface area contributed by atoms with Gasteiger partial charge in [0.1, 0.15) is 11.6 Å². The van der Waals surface area contributed by atoms with Gasteiger partial charge in [0.2, 0.25) is 0 Å². The van der Waals surface area contributed by atoms with E-state index in [1.54, 1.807) is 0 Å². The van der Waals surface area contributed by atoms with Crippen LogP contribution in [0.2, 0.25) is 0 Å². The molecular weight excluding hydrogens is 454 g/mol. The summed E-state index contributed by atoms with van der Waals surface area (Å²) in [4.78, 5) is 7.38. The molecule has 0 radical (unpaired) electrons. The highest BCUT2D eigenvalue weighted by atomic mass is 16.5. The molecule has 0 N–H and O–H groups in total. The molecule has 7 rings (SSSR count). The highest BCUT2D eigenvalue weighted by Gasteiger charge is 2.26. The maximum Gasteiger partial charge on any atom is 0.151 e. The van der Waals surface area contributed by atoms with Crippen LogP contribution in [0.1, 0.15) is 11.1 Å². The first-order chi connectivity index (χ1) is 18.2. The van der Waals surface area contributed by atoms with Crippen molar-refractivity contribution < 1.29 is 4.74 Å². The number of pyridine rings is 1. The molecule has 3 heterocycles. The molecular formula is C33H23N3O. The number of hydrogen-bond acceptors (Lipinski definition) is 3. The summed E-state index contributed by atoms with van der Waals surface area (Å²) >= 11 is 0. The lowest BCUT2D eigenvalue weighted by atomic mass is 10.1. The van der Waals surface area contributed by atoms with Gasteiger partial charge in [0, 0.05) is 10.8 Å². The van der Waals surface area contributed by atoms with E-state index in [1.165, 1.54) is 0 Å². The Morgan fingerprint density at radius 1 is 0.595 bits per heavy atom. The standard InChI is InChI=1S/C33H23N3O/c1-3-22-16-18-26-24(20-22)25-21-23(4-2)17-19-27(25)35(26)32-14-9-15-33(34-32)36-28-10-5-7-12-30(28)37-31-13-8-6-11-29(31)36/h3-21H,1-2H2. The van der Waals surface area contributed by atoms with Crippen molar-refractivity contribution in [1.82, 2.24) is 9.55 Å². The van der Waals surface area contributed by atoms with Crippen molar-refractivity contribution in [1.29, 1.82) is 0 Å². The minimum absolute atomic E-state index is 0.805. The van der Waals surface area contributed by atoms with E-state index >= 15 is 0 Å². The molecule has 0 unspecified atom stereocenters. The van der Waals surface area contributed by atoms with E-state index in [2.05, 4.69) is 83.3 Å². The van der Waals surface area contributed by atoms with Gasteiger partial charge < -0.3 is 4.74 Å². The van der Waals surface area contributed by atoms with Gasteiger partial charge in [0.15, 0.2) is 11.5 Å². The molecule has 1 aliphatic rings.